The SMILES string of the molecule is O[C@H](c1ccccn1)C1CCN(Cc2nc(-c3ccccn3)no2)CC1. The van der Waals surface area contributed by atoms with E-state index in [0.717, 1.165) is 31.6 Å². The summed E-state index contributed by atoms with van der Waals surface area (Å²) in [4.78, 5) is 15.2. The monoisotopic (exact) mass is 351 g/mol. The number of nitrogens with zero attached hydrogens (tertiary/aromatic N) is 5. The van der Waals surface area contributed by atoms with Gasteiger partial charge in [0.2, 0.25) is 11.7 Å². The highest BCUT2D eigenvalue weighted by molar-refractivity contribution is 5.46. The zero-order valence-corrected chi connectivity index (χ0v) is 14.4. The molecule has 1 saturated heterocycles. The minimum absolute atomic E-state index is 0.230. The lowest BCUT2D eigenvalue weighted by atomic mass is 9.89. The Balaban J connectivity index is 1.32. The van der Waals surface area contributed by atoms with Crippen LogP contribution in [-0.4, -0.2) is 43.2 Å². The van der Waals surface area contributed by atoms with Gasteiger partial charge < -0.3 is 9.63 Å². The van der Waals surface area contributed by atoms with Gasteiger partial charge >= 0.3 is 0 Å². The van der Waals surface area contributed by atoms with E-state index < -0.39 is 6.10 Å². The van der Waals surface area contributed by atoms with E-state index >= 15 is 0 Å². The van der Waals surface area contributed by atoms with E-state index in [2.05, 4.69) is 25.0 Å². The Kier molecular flexibility index (Phi) is 4.99. The Hall–Kier alpha value is -2.64. The first-order chi connectivity index (χ1) is 12.8. The predicted octanol–water partition coefficient (Wildman–Crippen LogP) is 2.47. The molecule has 0 saturated carbocycles. The Morgan fingerprint density at radius 2 is 1.85 bits per heavy atom. The summed E-state index contributed by atoms with van der Waals surface area (Å²) in [5, 5.41) is 14.5. The van der Waals surface area contributed by atoms with Crippen LogP contribution in [0.15, 0.2) is 53.3 Å². The summed E-state index contributed by atoms with van der Waals surface area (Å²) in [7, 11) is 0. The van der Waals surface area contributed by atoms with Crippen molar-refractivity contribution in [1.82, 2.24) is 25.0 Å². The molecule has 0 bridgehead atoms. The second kappa shape index (κ2) is 7.72. The molecule has 0 radical (unpaired) electrons. The fourth-order valence-electron chi connectivity index (χ4n) is 3.33. The normalized spacial score (nSPS) is 17.3. The van der Waals surface area contributed by atoms with Gasteiger partial charge in [0.25, 0.3) is 0 Å². The van der Waals surface area contributed by atoms with Gasteiger partial charge in [-0.1, -0.05) is 17.3 Å². The van der Waals surface area contributed by atoms with Crippen LogP contribution < -0.4 is 0 Å². The number of aliphatic hydroxyl groups is 1. The molecule has 1 fully saturated rings. The molecule has 3 aromatic heterocycles. The standard InChI is InChI=1S/C19H21N5O2/c25-18(15-5-1-3-9-20-15)14-7-11-24(12-8-14)13-17-22-19(23-26-17)16-6-2-4-10-21-16/h1-6,9-10,14,18,25H,7-8,11-13H2/t18-/m0/s1. The van der Waals surface area contributed by atoms with Crippen LogP contribution in [0.25, 0.3) is 11.5 Å². The van der Waals surface area contributed by atoms with Gasteiger partial charge in [-0.2, -0.15) is 4.98 Å². The van der Waals surface area contributed by atoms with Crippen LogP contribution >= 0.6 is 0 Å². The van der Waals surface area contributed by atoms with Gasteiger partial charge in [0.15, 0.2) is 0 Å². The molecular weight excluding hydrogens is 330 g/mol. The average molecular weight is 351 g/mol. The van der Waals surface area contributed by atoms with Crippen molar-refractivity contribution in [2.75, 3.05) is 13.1 Å². The summed E-state index contributed by atoms with van der Waals surface area (Å²) in [5.41, 5.74) is 1.46. The van der Waals surface area contributed by atoms with E-state index in [-0.39, 0.29) is 5.92 Å². The fourth-order valence-corrected chi connectivity index (χ4v) is 3.33. The number of likely N-dealkylation sites (tertiary alicyclic amines) is 1. The lowest BCUT2D eigenvalue weighted by Crippen LogP contribution is -2.35. The van der Waals surface area contributed by atoms with Gasteiger partial charge in [0.1, 0.15) is 5.69 Å². The maximum Gasteiger partial charge on any atom is 0.241 e. The molecule has 4 rings (SSSR count). The maximum atomic E-state index is 10.5. The molecule has 0 amide bonds. The molecule has 0 aliphatic carbocycles. The van der Waals surface area contributed by atoms with E-state index in [0.29, 0.717) is 24.0 Å². The lowest BCUT2D eigenvalue weighted by Gasteiger charge is -2.33. The first-order valence-corrected chi connectivity index (χ1v) is 8.85. The van der Waals surface area contributed by atoms with Crippen molar-refractivity contribution < 1.29 is 9.63 Å². The number of aromatic nitrogens is 4. The minimum atomic E-state index is -0.502. The summed E-state index contributed by atoms with van der Waals surface area (Å²) in [6.45, 7) is 2.39. The largest absolute Gasteiger partial charge is 0.387 e. The lowest BCUT2D eigenvalue weighted by molar-refractivity contribution is 0.0511. The van der Waals surface area contributed by atoms with Gasteiger partial charge in [-0.25, -0.2) is 0 Å². The van der Waals surface area contributed by atoms with Gasteiger partial charge in [-0.05, 0) is 56.1 Å². The van der Waals surface area contributed by atoms with Crippen LogP contribution in [0.5, 0.6) is 0 Å². The summed E-state index contributed by atoms with van der Waals surface area (Å²) < 4.78 is 5.36. The molecule has 4 heterocycles. The van der Waals surface area contributed by atoms with Gasteiger partial charge in [0, 0.05) is 12.4 Å². The number of hydrogen-bond acceptors (Lipinski definition) is 7. The van der Waals surface area contributed by atoms with Crippen molar-refractivity contribution in [3.8, 4) is 11.5 Å². The third kappa shape index (κ3) is 3.79. The van der Waals surface area contributed by atoms with Crippen molar-refractivity contribution in [2.45, 2.75) is 25.5 Å². The Labute approximate surface area is 151 Å². The minimum Gasteiger partial charge on any atom is -0.387 e. The molecule has 134 valence electrons. The number of rotatable bonds is 5. The molecule has 7 nitrogen and oxygen atoms in total. The predicted molar refractivity (Wildman–Crippen MR) is 94.7 cm³/mol. The number of pyridine rings is 2. The van der Waals surface area contributed by atoms with Crippen molar-refractivity contribution in [1.29, 1.82) is 0 Å². The molecule has 0 spiro atoms. The molecule has 0 unspecified atom stereocenters. The third-order valence-electron chi connectivity index (χ3n) is 4.79. The van der Waals surface area contributed by atoms with E-state index in [4.69, 9.17) is 4.52 Å². The van der Waals surface area contributed by atoms with Gasteiger partial charge in [-0.3, -0.25) is 14.9 Å². The van der Waals surface area contributed by atoms with E-state index in [1.54, 1.807) is 12.4 Å². The van der Waals surface area contributed by atoms with Crippen LogP contribution in [0.2, 0.25) is 0 Å². The van der Waals surface area contributed by atoms with Crippen LogP contribution in [0.1, 0.15) is 30.5 Å². The summed E-state index contributed by atoms with van der Waals surface area (Å²) in [6, 6.07) is 11.3. The van der Waals surface area contributed by atoms with Crippen molar-refractivity contribution in [2.24, 2.45) is 5.92 Å². The van der Waals surface area contributed by atoms with Crippen LogP contribution in [0.3, 0.4) is 0 Å². The average Bonchev–Trinajstić information content (AvgIpc) is 3.18. The van der Waals surface area contributed by atoms with Crippen molar-refractivity contribution in [3.05, 3.63) is 60.4 Å². The first-order valence-electron chi connectivity index (χ1n) is 8.85. The van der Waals surface area contributed by atoms with Gasteiger partial charge in [-0.15, -0.1) is 0 Å². The molecule has 26 heavy (non-hydrogen) atoms. The van der Waals surface area contributed by atoms with E-state index in [9.17, 15) is 5.11 Å². The number of aliphatic hydroxyl groups excluding tert-OH is 1. The molecule has 1 aliphatic rings. The number of piperidine rings is 1. The molecule has 3 aromatic rings. The summed E-state index contributed by atoms with van der Waals surface area (Å²) in [5.74, 6) is 1.34. The highest BCUT2D eigenvalue weighted by Gasteiger charge is 2.27. The molecule has 1 atom stereocenters. The topological polar surface area (TPSA) is 88.2 Å². The molecule has 1 aliphatic heterocycles. The Bertz CT molecular complexity index is 816. The fraction of sp³-hybridized carbons (Fsp3) is 0.368. The van der Waals surface area contributed by atoms with Crippen molar-refractivity contribution >= 4 is 0 Å². The van der Waals surface area contributed by atoms with E-state index in [1.807, 2.05) is 36.4 Å². The van der Waals surface area contributed by atoms with Crippen LogP contribution in [0.4, 0.5) is 0 Å². The highest BCUT2D eigenvalue weighted by Crippen LogP contribution is 2.30. The molecule has 0 aromatic carbocycles. The third-order valence-corrected chi connectivity index (χ3v) is 4.79. The Morgan fingerprint density at radius 3 is 2.54 bits per heavy atom. The van der Waals surface area contributed by atoms with Crippen LogP contribution in [0, 0.1) is 5.92 Å². The smallest absolute Gasteiger partial charge is 0.241 e. The van der Waals surface area contributed by atoms with Crippen LogP contribution in [-0.2, 0) is 6.54 Å². The van der Waals surface area contributed by atoms with E-state index in [1.165, 1.54) is 0 Å². The zero-order chi connectivity index (χ0) is 17.8. The Morgan fingerprint density at radius 1 is 1.08 bits per heavy atom. The summed E-state index contributed by atoms with van der Waals surface area (Å²) >= 11 is 0. The second-order valence-electron chi connectivity index (χ2n) is 6.54. The molecule has 7 heteroatoms. The molecule has 1 N–H and O–H groups in total. The zero-order valence-electron chi connectivity index (χ0n) is 14.4. The summed E-state index contributed by atoms with van der Waals surface area (Å²) in [6.07, 6.45) is 4.76. The first kappa shape index (κ1) is 16.8. The van der Waals surface area contributed by atoms with Gasteiger partial charge in [0.05, 0.1) is 18.3 Å². The van der Waals surface area contributed by atoms with Crippen molar-refractivity contribution in [3.63, 3.8) is 0 Å². The number of hydrogen-bond donors (Lipinski definition) is 1. The molecular formula is C19H21N5O2. The highest BCUT2D eigenvalue weighted by atomic mass is 16.5. The maximum absolute atomic E-state index is 10.5. The second-order valence-corrected chi connectivity index (χ2v) is 6.54. The quantitative estimate of drug-likeness (QED) is 0.755.